The van der Waals surface area contributed by atoms with Crippen molar-refractivity contribution in [2.24, 2.45) is 0 Å². The van der Waals surface area contributed by atoms with Crippen LogP contribution in [0.5, 0.6) is 0 Å². The SMILES string of the molecule is Cc1cc(C(=O)CSc2ncc(-c3ccccc3)n2C[C@@H]2CCCO2)c(C)[nH]1. The number of aromatic amines is 1. The zero-order valence-corrected chi connectivity index (χ0v) is 17.1. The van der Waals surface area contributed by atoms with Crippen molar-refractivity contribution in [1.82, 2.24) is 14.5 Å². The van der Waals surface area contributed by atoms with E-state index < -0.39 is 0 Å². The van der Waals surface area contributed by atoms with Crippen molar-refractivity contribution in [3.8, 4) is 11.3 Å². The molecule has 0 unspecified atom stereocenters. The van der Waals surface area contributed by atoms with Crippen LogP contribution in [0.1, 0.15) is 34.6 Å². The largest absolute Gasteiger partial charge is 0.376 e. The summed E-state index contributed by atoms with van der Waals surface area (Å²) >= 11 is 1.50. The first-order chi connectivity index (χ1) is 13.6. The van der Waals surface area contributed by atoms with E-state index in [4.69, 9.17) is 4.74 Å². The maximum Gasteiger partial charge on any atom is 0.174 e. The van der Waals surface area contributed by atoms with Gasteiger partial charge in [0.25, 0.3) is 0 Å². The molecule has 6 heteroatoms. The molecule has 146 valence electrons. The predicted molar refractivity (Wildman–Crippen MR) is 112 cm³/mol. The molecule has 1 aliphatic heterocycles. The number of aryl methyl sites for hydroxylation is 2. The molecule has 0 radical (unpaired) electrons. The molecule has 1 fully saturated rings. The van der Waals surface area contributed by atoms with Crippen molar-refractivity contribution in [3.05, 3.63) is 59.5 Å². The van der Waals surface area contributed by atoms with Gasteiger partial charge >= 0.3 is 0 Å². The Kier molecular flexibility index (Phi) is 5.69. The highest BCUT2D eigenvalue weighted by atomic mass is 32.2. The number of ketones is 1. The first-order valence-corrected chi connectivity index (χ1v) is 10.6. The number of ether oxygens (including phenoxy) is 1. The fourth-order valence-corrected chi connectivity index (χ4v) is 4.57. The second-order valence-electron chi connectivity index (χ2n) is 7.24. The third kappa shape index (κ3) is 4.08. The van der Waals surface area contributed by atoms with Crippen molar-refractivity contribution < 1.29 is 9.53 Å². The Morgan fingerprint density at radius 1 is 1.32 bits per heavy atom. The van der Waals surface area contributed by atoms with Gasteiger partial charge in [0.2, 0.25) is 0 Å². The molecule has 1 atom stereocenters. The summed E-state index contributed by atoms with van der Waals surface area (Å²) in [4.78, 5) is 20.5. The number of benzene rings is 1. The van der Waals surface area contributed by atoms with Crippen LogP contribution in [-0.4, -0.2) is 38.8 Å². The lowest BCUT2D eigenvalue weighted by Gasteiger charge is -2.16. The Morgan fingerprint density at radius 2 is 2.14 bits per heavy atom. The summed E-state index contributed by atoms with van der Waals surface area (Å²) in [6, 6.07) is 12.2. The predicted octanol–water partition coefficient (Wildman–Crippen LogP) is 4.65. The highest BCUT2D eigenvalue weighted by Gasteiger charge is 2.21. The molecule has 1 saturated heterocycles. The standard InChI is InChI=1S/C22H25N3O2S/c1-15-11-19(16(2)24-15)21(26)14-28-22-23-12-20(17-7-4-3-5-8-17)25(22)13-18-9-6-10-27-18/h3-5,7-8,11-12,18,24H,6,9-10,13-14H2,1-2H3/t18-/m0/s1. The van der Waals surface area contributed by atoms with Crippen LogP contribution < -0.4 is 0 Å². The molecule has 1 aromatic carbocycles. The number of hydrogen-bond donors (Lipinski definition) is 1. The van der Waals surface area contributed by atoms with Gasteiger partial charge < -0.3 is 14.3 Å². The summed E-state index contributed by atoms with van der Waals surface area (Å²) in [6.07, 6.45) is 4.29. The molecule has 4 rings (SSSR count). The Balaban J connectivity index is 1.56. The Bertz CT molecular complexity index is 956. The molecule has 1 N–H and O–H groups in total. The lowest BCUT2D eigenvalue weighted by atomic mass is 10.1. The van der Waals surface area contributed by atoms with Gasteiger partial charge in [0.15, 0.2) is 10.9 Å². The van der Waals surface area contributed by atoms with Crippen LogP contribution in [0.3, 0.4) is 0 Å². The van der Waals surface area contributed by atoms with Crippen LogP contribution in [-0.2, 0) is 11.3 Å². The number of hydrogen-bond acceptors (Lipinski definition) is 4. The highest BCUT2D eigenvalue weighted by Crippen LogP contribution is 2.29. The van der Waals surface area contributed by atoms with Gasteiger partial charge in [-0.3, -0.25) is 4.79 Å². The smallest absolute Gasteiger partial charge is 0.174 e. The third-order valence-corrected chi connectivity index (χ3v) is 6.07. The molecule has 3 aromatic rings. The van der Waals surface area contributed by atoms with E-state index in [0.717, 1.165) is 59.4 Å². The molecule has 2 aromatic heterocycles. The number of imidazole rings is 1. The number of Topliss-reactive ketones (excluding diaryl/α,β-unsaturated/α-hetero) is 1. The number of carbonyl (C=O) groups excluding carboxylic acids is 1. The van der Waals surface area contributed by atoms with Crippen molar-refractivity contribution in [3.63, 3.8) is 0 Å². The Hall–Kier alpha value is -2.31. The third-order valence-electron chi connectivity index (χ3n) is 5.08. The van der Waals surface area contributed by atoms with Crippen LogP contribution in [0, 0.1) is 13.8 Å². The summed E-state index contributed by atoms with van der Waals surface area (Å²) in [5.74, 6) is 0.495. The summed E-state index contributed by atoms with van der Waals surface area (Å²) < 4.78 is 8.06. The second-order valence-corrected chi connectivity index (χ2v) is 8.18. The van der Waals surface area contributed by atoms with Gasteiger partial charge in [-0.25, -0.2) is 4.98 Å². The van der Waals surface area contributed by atoms with Crippen molar-refractivity contribution in [2.75, 3.05) is 12.4 Å². The molecule has 5 nitrogen and oxygen atoms in total. The lowest BCUT2D eigenvalue weighted by molar-refractivity contribution is 0.0954. The topological polar surface area (TPSA) is 59.9 Å². The highest BCUT2D eigenvalue weighted by molar-refractivity contribution is 7.99. The molecular weight excluding hydrogens is 370 g/mol. The number of H-pyrrole nitrogens is 1. The summed E-state index contributed by atoms with van der Waals surface area (Å²) in [5, 5.41) is 0.868. The normalized spacial score (nSPS) is 16.6. The van der Waals surface area contributed by atoms with Gasteiger partial charge in [0, 0.05) is 23.6 Å². The van der Waals surface area contributed by atoms with E-state index in [1.807, 2.05) is 44.3 Å². The van der Waals surface area contributed by atoms with E-state index in [0.29, 0.717) is 5.75 Å². The number of aromatic nitrogens is 3. The minimum atomic E-state index is 0.125. The molecule has 0 aliphatic carbocycles. The molecular formula is C22H25N3O2S. The van der Waals surface area contributed by atoms with E-state index in [1.54, 1.807) is 0 Å². The fraction of sp³-hybridized carbons (Fsp3) is 0.364. The summed E-state index contributed by atoms with van der Waals surface area (Å²) in [6.45, 7) is 5.50. The molecule has 0 saturated carbocycles. The Labute approximate surface area is 169 Å². The molecule has 0 bridgehead atoms. The summed E-state index contributed by atoms with van der Waals surface area (Å²) in [5.41, 5.74) is 4.90. The molecule has 0 spiro atoms. The van der Waals surface area contributed by atoms with Crippen molar-refractivity contribution in [2.45, 2.75) is 44.5 Å². The van der Waals surface area contributed by atoms with Gasteiger partial charge in [0.1, 0.15) is 0 Å². The van der Waals surface area contributed by atoms with Crippen LogP contribution in [0.15, 0.2) is 47.8 Å². The number of nitrogens with one attached hydrogen (secondary N) is 1. The first-order valence-electron chi connectivity index (χ1n) is 9.66. The lowest BCUT2D eigenvalue weighted by Crippen LogP contribution is -2.17. The first kappa shape index (κ1) is 19.0. The monoisotopic (exact) mass is 395 g/mol. The zero-order valence-electron chi connectivity index (χ0n) is 16.3. The number of carbonyl (C=O) groups is 1. The van der Waals surface area contributed by atoms with E-state index in [9.17, 15) is 4.79 Å². The van der Waals surface area contributed by atoms with Crippen LogP contribution in [0.2, 0.25) is 0 Å². The summed E-state index contributed by atoms with van der Waals surface area (Å²) in [7, 11) is 0. The second kappa shape index (κ2) is 8.37. The van der Waals surface area contributed by atoms with E-state index >= 15 is 0 Å². The molecule has 0 amide bonds. The Morgan fingerprint density at radius 3 is 2.82 bits per heavy atom. The fourth-order valence-electron chi connectivity index (χ4n) is 3.70. The van der Waals surface area contributed by atoms with Gasteiger partial charge in [0.05, 0.1) is 30.3 Å². The molecule has 1 aliphatic rings. The quantitative estimate of drug-likeness (QED) is 0.467. The zero-order chi connectivity index (χ0) is 19.5. The minimum absolute atomic E-state index is 0.125. The molecule has 3 heterocycles. The molecule has 28 heavy (non-hydrogen) atoms. The number of thioether (sulfide) groups is 1. The number of nitrogens with zero attached hydrogens (tertiary/aromatic N) is 2. The van der Waals surface area contributed by atoms with Gasteiger partial charge in [-0.15, -0.1) is 0 Å². The van der Waals surface area contributed by atoms with E-state index in [-0.39, 0.29) is 11.9 Å². The van der Waals surface area contributed by atoms with Gasteiger partial charge in [-0.05, 0) is 38.3 Å². The average molecular weight is 396 g/mol. The van der Waals surface area contributed by atoms with Crippen LogP contribution in [0.25, 0.3) is 11.3 Å². The van der Waals surface area contributed by atoms with Crippen molar-refractivity contribution >= 4 is 17.5 Å². The van der Waals surface area contributed by atoms with Crippen LogP contribution >= 0.6 is 11.8 Å². The van der Waals surface area contributed by atoms with Gasteiger partial charge in [-0.1, -0.05) is 42.1 Å². The van der Waals surface area contributed by atoms with Gasteiger partial charge in [-0.2, -0.15) is 0 Å². The van der Waals surface area contributed by atoms with E-state index in [1.165, 1.54) is 11.8 Å². The van der Waals surface area contributed by atoms with E-state index in [2.05, 4.69) is 26.7 Å². The maximum absolute atomic E-state index is 12.7. The maximum atomic E-state index is 12.7. The van der Waals surface area contributed by atoms with Crippen molar-refractivity contribution in [1.29, 1.82) is 0 Å². The number of rotatable bonds is 7. The average Bonchev–Trinajstić information content (AvgIpc) is 3.42. The minimum Gasteiger partial charge on any atom is -0.376 e. The van der Waals surface area contributed by atoms with Crippen LogP contribution in [0.4, 0.5) is 0 Å².